The summed E-state index contributed by atoms with van der Waals surface area (Å²) in [4.78, 5) is 36.2. The first-order valence-corrected chi connectivity index (χ1v) is 12.6. The number of benzene rings is 3. The van der Waals surface area contributed by atoms with Crippen LogP contribution < -0.4 is 10.2 Å². The Morgan fingerprint density at radius 2 is 1.68 bits per heavy atom. The minimum atomic E-state index is -0.874. The molecule has 1 aromatic heterocycles. The second-order valence-corrected chi connectivity index (χ2v) is 9.61. The number of aromatic nitrogens is 2. The van der Waals surface area contributed by atoms with Crippen molar-refractivity contribution < 1.29 is 14.7 Å². The lowest BCUT2D eigenvalue weighted by molar-refractivity contribution is -0.138. The van der Waals surface area contributed by atoms with Gasteiger partial charge in [-0.1, -0.05) is 42.5 Å². The lowest BCUT2D eigenvalue weighted by Crippen LogP contribution is -2.25. The molecule has 2 N–H and O–H groups in total. The Balaban J connectivity index is 1.33. The maximum atomic E-state index is 12.8. The van der Waals surface area contributed by atoms with Crippen molar-refractivity contribution in [1.29, 1.82) is 0 Å². The fourth-order valence-corrected chi connectivity index (χ4v) is 4.92. The molecule has 5 rings (SSSR count). The van der Waals surface area contributed by atoms with Gasteiger partial charge in [-0.25, -0.2) is 9.97 Å². The lowest BCUT2D eigenvalue weighted by Gasteiger charge is -2.24. The van der Waals surface area contributed by atoms with Gasteiger partial charge in [0.2, 0.25) is 0 Å². The fourth-order valence-electron chi connectivity index (χ4n) is 4.92. The molecule has 0 bridgehead atoms. The number of hydrogen-bond donors (Lipinski definition) is 2. The van der Waals surface area contributed by atoms with Crippen molar-refractivity contribution >= 4 is 34.2 Å². The van der Waals surface area contributed by atoms with Crippen LogP contribution in [0.2, 0.25) is 0 Å². The maximum Gasteiger partial charge on any atom is 0.310 e. The van der Waals surface area contributed by atoms with E-state index in [1.54, 1.807) is 6.92 Å². The largest absolute Gasteiger partial charge is 0.481 e. The van der Waals surface area contributed by atoms with Gasteiger partial charge in [0.15, 0.2) is 0 Å². The maximum absolute atomic E-state index is 12.8. The standard InChI is InChI=1S/C30H30N4O3/c1-19(30(36)37)27-20(2)31-26(33-28(27)34-15-5-6-16-34)17-21-9-13-25(14-10-21)32-29(35)24-12-11-22-7-3-4-8-23(22)18-24/h3-4,7-14,18-19H,5-6,15-17H2,1-2H3,(H,32,35)(H,36,37). The number of nitrogens with one attached hydrogen (secondary N) is 1. The molecule has 1 unspecified atom stereocenters. The third kappa shape index (κ3) is 5.31. The zero-order valence-electron chi connectivity index (χ0n) is 21.1. The minimum absolute atomic E-state index is 0.157. The van der Waals surface area contributed by atoms with E-state index in [9.17, 15) is 14.7 Å². The molecule has 1 saturated heterocycles. The Morgan fingerprint density at radius 1 is 0.973 bits per heavy atom. The number of carboxylic acids is 1. The van der Waals surface area contributed by atoms with Crippen molar-refractivity contribution in [2.45, 2.75) is 39.0 Å². The van der Waals surface area contributed by atoms with Gasteiger partial charge in [0.1, 0.15) is 11.6 Å². The Bertz CT molecular complexity index is 1460. The summed E-state index contributed by atoms with van der Waals surface area (Å²) in [5.74, 6) is -0.296. The molecule has 0 spiro atoms. The first kappa shape index (κ1) is 24.4. The van der Waals surface area contributed by atoms with E-state index in [1.807, 2.05) is 73.7 Å². The molecule has 1 aliphatic heterocycles. The molecule has 0 radical (unpaired) electrons. The van der Waals surface area contributed by atoms with E-state index in [-0.39, 0.29) is 5.91 Å². The topological polar surface area (TPSA) is 95.4 Å². The highest BCUT2D eigenvalue weighted by Gasteiger charge is 2.27. The quantitative estimate of drug-likeness (QED) is 0.349. The van der Waals surface area contributed by atoms with Crippen LogP contribution in [0.5, 0.6) is 0 Å². The number of fused-ring (bicyclic) bond motifs is 1. The monoisotopic (exact) mass is 494 g/mol. The van der Waals surface area contributed by atoms with Crippen molar-refractivity contribution in [2.75, 3.05) is 23.3 Å². The third-order valence-electron chi connectivity index (χ3n) is 6.96. The van der Waals surface area contributed by atoms with Gasteiger partial charge < -0.3 is 15.3 Å². The van der Waals surface area contributed by atoms with Crippen LogP contribution in [0.4, 0.5) is 11.5 Å². The smallest absolute Gasteiger partial charge is 0.310 e. The number of carbonyl (C=O) groups is 2. The molecule has 188 valence electrons. The SMILES string of the molecule is Cc1nc(Cc2ccc(NC(=O)c3ccc4ccccc4c3)cc2)nc(N2CCCC2)c1C(C)C(=O)O. The number of nitrogens with zero attached hydrogens (tertiary/aromatic N) is 3. The molecule has 37 heavy (non-hydrogen) atoms. The number of aliphatic carboxylic acids is 1. The summed E-state index contributed by atoms with van der Waals surface area (Å²) in [6.45, 7) is 5.31. The predicted octanol–water partition coefficient (Wildman–Crippen LogP) is 5.57. The highest BCUT2D eigenvalue weighted by molar-refractivity contribution is 6.06. The molecular weight excluding hydrogens is 464 g/mol. The van der Waals surface area contributed by atoms with Gasteiger partial charge in [-0.15, -0.1) is 0 Å². The van der Waals surface area contributed by atoms with E-state index >= 15 is 0 Å². The number of carboxylic acid groups (broad SMARTS) is 1. The van der Waals surface area contributed by atoms with Gasteiger partial charge in [0, 0.05) is 42.0 Å². The summed E-state index contributed by atoms with van der Waals surface area (Å²) in [7, 11) is 0. The van der Waals surface area contributed by atoms with Crippen molar-refractivity contribution in [3.05, 3.63) is 94.9 Å². The molecule has 2 heterocycles. The van der Waals surface area contributed by atoms with E-state index in [1.165, 1.54) is 0 Å². The molecule has 1 atom stereocenters. The second-order valence-electron chi connectivity index (χ2n) is 9.61. The van der Waals surface area contributed by atoms with Gasteiger partial charge in [-0.2, -0.15) is 0 Å². The van der Waals surface area contributed by atoms with Crippen LogP contribution in [0.15, 0.2) is 66.7 Å². The van der Waals surface area contributed by atoms with Crippen LogP contribution in [-0.4, -0.2) is 40.0 Å². The van der Waals surface area contributed by atoms with Crippen molar-refractivity contribution in [3.63, 3.8) is 0 Å². The zero-order valence-corrected chi connectivity index (χ0v) is 21.1. The van der Waals surface area contributed by atoms with E-state index in [4.69, 9.17) is 4.98 Å². The minimum Gasteiger partial charge on any atom is -0.481 e. The number of rotatable bonds is 7. The number of aryl methyl sites for hydroxylation is 1. The van der Waals surface area contributed by atoms with Crippen molar-refractivity contribution in [2.24, 2.45) is 0 Å². The molecule has 1 fully saturated rings. The van der Waals surface area contributed by atoms with Gasteiger partial charge in [0.25, 0.3) is 5.91 Å². The van der Waals surface area contributed by atoms with Crippen LogP contribution >= 0.6 is 0 Å². The molecule has 1 aliphatic rings. The van der Waals surface area contributed by atoms with E-state index < -0.39 is 11.9 Å². The molecule has 7 heteroatoms. The van der Waals surface area contributed by atoms with Gasteiger partial charge in [-0.05, 0) is 67.3 Å². The van der Waals surface area contributed by atoms with E-state index in [0.717, 1.165) is 48.1 Å². The average Bonchev–Trinajstić information content (AvgIpc) is 3.44. The summed E-state index contributed by atoms with van der Waals surface area (Å²) in [6.07, 6.45) is 2.67. The fraction of sp³-hybridized carbons (Fsp3) is 0.267. The Labute approximate surface area is 216 Å². The van der Waals surface area contributed by atoms with Gasteiger partial charge >= 0.3 is 5.97 Å². The van der Waals surface area contributed by atoms with Crippen molar-refractivity contribution in [1.82, 2.24) is 9.97 Å². The third-order valence-corrected chi connectivity index (χ3v) is 6.96. The van der Waals surface area contributed by atoms with Gasteiger partial charge in [-0.3, -0.25) is 9.59 Å². The van der Waals surface area contributed by atoms with E-state index in [2.05, 4.69) is 15.2 Å². The predicted molar refractivity (Wildman–Crippen MR) is 145 cm³/mol. The lowest BCUT2D eigenvalue weighted by atomic mass is 9.99. The Morgan fingerprint density at radius 3 is 2.38 bits per heavy atom. The van der Waals surface area contributed by atoms with Crippen molar-refractivity contribution in [3.8, 4) is 0 Å². The molecule has 0 aliphatic carbocycles. The summed E-state index contributed by atoms with van der Waals surface area (Å²) in [5, 5.41) is 14.7. The van der Waals surface area contributed by atoms with Crippen LogP contribution in [-0.2, 0) is 11.2 Å². The molecule has 3 aromatic carbocycles. The Kier molecular flexibility index (Phi) is 6.86. The summed E-state index contributed by atoms with van der Waals surface area (Å²) < 4.78 is 0. The molecular formula is C30H30N4O3. The second kappa shape index (κ2) is 10.4. The van der Waals surface area contributed by atoms with Crippen LogP contribution in [0.1, 0.15) is 58.7 Å². The van der Waals surface area contributed by atoms with Crippen LogP contribution in [0.3, 0.4) is 0 Å². The van der Waals surface area contributed by atoms with Gasteiger partial charge in [0.05, 0.1) is 5.92 Å². The molecule has 1 amide bonds. The van der Waals surface area contributed by atoms with Crippen LogP contribution in [0, 0.1) is 6.92 Å². The zero-order chi connectivity index (χ0) is 25.9. The number of anilines is 2. The summed E-state index contributed by atoms with van der Waals surface area (Å²) in [6, 6.07) is 21.3. The number of amides is 1. The van der Waals surface area contributed by atoms with E-state index in [0.29, 0.717) is 34.8 Å². The number of carbonyl (C=O) groups excluding carboxylic acids is 1. The highest BCUT2D eigenvalue weighted by Crippen LogP contribution is 2.31. The molecule has 4 aromatic rings. The highest BCUT2D eigenvalue weighted by atomic mass is 16.4. The Hall–Kier alpha value is -4.26. The number of hydrogen-bond acceptors (Lipinski definition) is 5. The first-order valence-electron chi connectivity index (χ1n) is 12.6. The summed E-state index contributed by atoms with van der Waals surface area (Å²) >= 11 is 0. The molecule has 0 saturated carbocycles. The normalized spacial score (nSPS) is 14.1. The average molecular weight is 495 g/mol. The van der Waals surface area contributed by atoms with Crippen LogP contribution in [0.25, 0.3) is 10.8 Å². The summed E-state index contributed by atoms with van der Waals surface area (Å²) in [5.41, 5.74) is 3.74. The molecule has 7 nitrogen and oxygen atoms in total. The first-order chi connectivity index (χ1) is 17.9.